The van der Waals surface area contributed by atoms with Gasteiger partial charge in [0.1, 0.15) is 11.5 Å². The van der Waals surface area contributed by atoms with Gasteiger partial charge in [-0.15, -0.1) is 0 Å². The van der Waals surface area contributed by atoms with Gasteiger partial charge in [0.25, 0.3) is 0 Å². The van der Waals surface area contributed by atoms with Crippen LogP contribution in [0.1, 0.15) is 29.9 Å². The van der Waals surface area contributed by atoms with Crippen LogP contribution in [0.2, 0.25) is 0 Å². The van der Waals surface area contributed by atoms with Crippen LogP contribution in [0.15, 0.2) is 24.3 Å². The lowest BCUT2D eigenvalue weighted by atomic mass is 9.85. The number of fused-ring (bicyclic) bond motifs is 2. The number of phenols is 1. The Morgan fingerprint density at radius 1 is 1.24 bits per heavy atom. The van der Waals surface area contributed by atoms with E-state index in [2.05, 4.69) is 12.2 Å². The predicted octanol–water partition coefficient (Wildman–Crippen LogP) is 3.39. The molecule has 0 heterocycles. The molecule has 2 heteroatoms. The Labute approximate surface area is 102 Å². The lowest BCUT2D eigenvalue weighted by Gasteiger charge is -2.22. The van der Waals surface area contributed by atoms with Gasteiger partial charge in [0, 0.05) is 5.56 Å². The summed E-state index contributed by atoms with van der Waals surface area (Å²) < 4.78 is 5.49. The van der Waals surface area contributed by atoms with Crippen LogP contribution in [-0.4, -0.2) is 12.2 Å². The lowest BCUT2D eigenvalue weighted by Crippen LogP contribution is -2.07. The van der Waals surface area contributed by atoms with Crippen molar-refractivity contribution in [1.29, 1.82) is 0 Å². The number of ether oxygens (including phenoxy) is 1. The van der Waals surface area contributed by atoms with Gasteiger partial charge >= 0.3 is 0 Å². The summed E-state index contributed by atoms with van der Waals surface area (Å²) in [6.07, 6.45) is 7.21. The highest BCUT2D eigenvalue weighted by Gasteiger charge is 2.38. The number of rotatable bonds is 2. The summed E-state index contributed by atoms with van der Waals surface area (Å²) in [5.41, 5.74) is 2.12. The van der Waals surface area contributed by atoms with Crippen molar-refractivity contribution >= 4 is 0 Å². The van der Waals surface area contributed by atoms with Crippen molar-refractivity contribution < 1.29 is 9.84 Å². The number of hydrogen-bond donors (Lipinski definition) is 1. The molecule has 1 N–H and O–H groups in total. The molecule has 2 aliphatic carbocycles. The average molecular weight is 230 g/mol. The largest absolute Gasteiger partial charge is 0.508 e. The summed E-state index contributed by atoms with van der Waals surface area (Å²) in [6, 6.07) is 3.82. The first-order valence-electron chi connectivity index (χ1n) is 6.25. The molecule has 0 amide bonds. The molecule has 0 aliphatic heterocycles. The monoisotopic (exact) mass is 230 g/mol. The Morgan fingerprint density at radius 2 is 2.06 bits per heavy atom. The van der Waals surface area contributed by atoms with E-state index in [0.717, 1.165) is 17.2 Å². The Bertz CT molecular complexity index is 476. The Kier molecular flexibility index (Phi) is 2.39. The second-order valence-corrected chi connectivity index (χ2v) is 5.22. The third kappa shape index (κ3) is 1.54. The number of benzene rings is 1. The Hall–Kier alpha value is -1.44. The van der Waals surface area contributed by atoms with Crippen molar-refractivity contribution in [3.63, 3.8) is 0 Å². The lowest BCUT2D eigenvalue weighted by molar-refractivity contribution is 0.390. The molecule has 0 saturated heterocycles. The van der Waals surface area contributed by atoms with E-state index in [9.17, 15) is 5.11 Å². The number of phenolic OH excluding ortho intramolecular Hbond substituents is 1. The smallest absolute Gasteiger partial charge is 0.128 e. The van der Waals surface area contributed by atoms with Crippen molar-refractivity contribution in [3.05, 3.63) is 35.4 Å². The molecule has 3 rings (SSSR count). The zero-order valence-electron chi connectivity index (χ0n) is 10.3. The van der Waals surface area contributed by atoms with E-state index in [1.54, 1.807) is 13.2 Å². The van der Waals surface area contributed by atoms with Crippen LogP contribution in [-0.2, 0) is 0 Å². The molecule has 3 atom stereocenters. The fraction of sp³-hybridized carbons (Fsp3) is 0.467. The zero-order valence-corrected chi connectivity index (χ0v) is 10.3. The highest BCUT2D eigenvalue weighted by Crippen LogP contribution is 2.51. The predicted molar refractivity (Wildman–Crippen MR) is 67.5 cm³/mol. The van der Waals surface area contributed by atoms with Gasteiger partial charge in [-0.25, -0.2) is 0 Å². The summed E-state index contributed by atoms with van der Waals surface area (Å²) in [6.45, 7) is 1.92. The third-order valence-electron chi connectivity index (χ3n) is 4.29. The quantitative estimate of drug-likeness (QED) is 0.789. The van der Waals surface area contributed by atoms with E-state index >= 15 is 0 Å². The fourth-order valence-corrected chi connectivity index (χ4v) is 3.40. The number of allylic oxidation sites excluding steroid dienone is 2. The minimum atomic E-state index is 0.323. The van der Waals surface area contributed by atoms with Crippen LogP contribution >= 0.6 is 0 Å². The van der Waals surface area contributed by atoms with E-state index in [1.165, 1.54) is 18.4 Å². The maximum absolute atomic E-state index is 9.74. The minimum Gasteiger partial charge on any atom is -0.508 e. The van der Waals surface area contributed by atoms with Crippen LogP contribution in [0.5, 0.6) is 11.5 Å². The molecule has 2 bridgehead atoms. The van der Waals surface area contributed by atoms with E-state index in [1.807, 2.05) is 13.0 Å². The molecule has 17 heavy (non-hydrogen) atoms. The molecule has 0 aromatic heterocycles. The SMILES string of the molecule is COc1c(C2CC3C=CC2C3)ccc(O)c1C. The van der Waals surface area contributed by atoms with Crippen LogP contribution in [0, 0.1) is 18.8 Å². The Balaban J connectivity index is 2.03. The second-order valence-electron chi connectivity index (χ2n) is 5.22. The van der Waals surface area contributed by atoms with Crippen LogP contribution in [0.3, 0.4) is 0 Å². The first kappa shape index (κ1) is 10.7. The zero-order chi connectivity index (χ0) is 12.0. The van der Waals surface area contributed by atoms with Gasteiger partial charge in [0.15, 0.2) is 0 Å². The Morgan fingerprint density at radius 3 is 2.65 bits per heavy atom. The standard InChI is InChI=1S/C15H18O2/c1-9-14(16)6-5-12(15(9)17-2)13-8-10-3-4-11(13)7-10/h3-6,10-11,13,16H,7-8H2,1-2H3. The van der Waals surface area contributed by atoms with Gasteiger partial charge < -0.3 is 9.84 Å². The van der Waals surface area contributed by atoms with Crippen molar-refractivity contribution in [2.45, 2.75) is 25.7 Å². The second kappa shape index (κ2) is 3.80. The molecule has 1 aromatic carbocycles. The van der Waals surface area contributed by atoms with Gasteiger partial charge in [-0.1, -0.05) is 18.2 Å². The van der Waals surface area contributed by atoms with Gasteiger partial charge in [-0.3, -0.25) is 0 Å². The molecular formula is C15H18O2. The van der Waals surface area contributed by atoms with E-state index < -0.39 is 0 Å². The molecule has 1 fully saturated rings. The fourth-order valence-electron chi connectivity index (χ4n) is 3.40. The maximum Gasteiger partial charge on any atom is 0.128 e. The summed E-state index contributed by atoms with van der Waals surface area (Å²) in [7, 11) is 1.69. The summed E-state index contributed by atoms with van der Waals surface area (Å²) in [4.78, 5) is 0. The molecule has 1 saturated carbocycles. The molecule has 2 nitrogen and oxygen atoms in total. The first-order chi connectivity index (χ1) is 8.20. The van der Waals surface area contributed by atoms with Crippen molar-refractivity contribution in [3.8, 4) is 11.5 Å². The molecule has 3 unspecified atom stereocenters. The van der Waals surface area contributed by atoms with Gasteiger partial charge in [-0.05, 0) is 49.1 Å². The third-order valence-corrected chi connectivity index (χ3v) is 4.29. The van der Waals surface area contributed by atoms with Gasteiger partial charge in [0.2, 0.25) is 0 Å². The minimum absolute atomic E-state index is 0.323. The number of methoxy groups -OCH3 is 1. The van der Waals surface area contributed by atoms with Crippen molar-refractivity contribution in [2.75, 3.05) is 7.11 Å². The molecule has 0 radical (unpaired) electrons. The summed E-state index contributed by atoms with van der Waals surface area (Å²) in [5.74, 6) is 3.18. The summed E-state index contributed by atoms with van der Waals surface area (Å²) >= 11 is 0. The van der Waals surface area contributed by atoms with E-state index in [-0.39, 0.29) is 0 Å². The molecule has 90 valence electrons. The molecule has 0 spiro atoms. The van der Waals surface area contributed by atoms with Crippen LogP contribution in [0.4, 0.5) is 0 Å². The number of aromatic hydroxyl groups is 1. The first-order valence-corrected chi connectivity index (χ1v) is 6.25. The van der Waals surface area contributed by atoms with Gasteiger partial charge in [-0.2, -0.15) is 0 Å². The normalized spacial score (nSPS) is 29.9. The van der Waals surface area contributed by atoms with Crippen LogP contribution in [0.25, 0.3) is 0 Å². The highest BCUT2D eigenvalue weighted by molar-refractivity contribution is 5.51. The average Bonchev–Trinajstić information content (AvgIpc) is 2.94. The molecular weight excluding hydrogens is 212 g/mol. The highest BCUT2D eigenvalue weighted by atomic mass is 16.5. The van der Waals surface area contributed by atoms with Crippen molar-refractivity contribution in [1.82, 2.24) is 0 Å². The van der Waals surface area contributed by atoms with E-state index in [0.29, 0.717) is 17.6 Å². The van der Waals surface area contributed by atoms with Crippen molar-refractivity contribution in [2.24, 2.45) is 11.8 Å². The van der Waals surface area contributed by atoms with Crippen LogP contribution < -0.4 is 4.74 Å². The topological polar surface area (TPSA) is 29.5 Å². The van der Waals surface area contributed by atoms with Gasteiger partial charge in [0.05, 0.1) is 7.11 Å². The summed E-state index contributed by atoms with van der Waals surface area (Å²) in [5, 5.41) is 9.74. The maximum atomic E-state index is 9.74. The molecule has 2 aliphatic rings. The molecule has 1 aromatic rings. The van der Waals surface area contributed by atoms with E-state index in [4.69, 9.17) is 4.74 Å². The number of hydrogen-bond acceptors (Lipinski definition) is 2.